The van der Waals surface area contributed by atoms with Gasteiger partial charge in [0.1, 0.15) is 23.1 Å². The Labute approximate surface area is 164 Å². The van der Waals surface area contributed by atoms with Crippen LogP contribution in [0.3, 0.4) is 0 Å². The SMILES string of the molecule is CC(=O)c1ccc(OC(=O)c2ccccc2F)cc1OC(=O)c1ccccc1F. The van der Waals surface area contributed by atoms with Crippen molar-refractivity contribution in [2.24, 2.45) is 0 Å². The maximum absolute atomic E-state index is 13.8. The molecule has 0 saturated heterocycles. The molecule has 5 nitrogen and oxygen atoms in total. The average Bonchev–Trinajstić information content (AvgIpc) is 2.68. The minimum atomic E-state index is -1.02. The molecule has 0 aromatic heterocycles. The van der Waals surface area contributed by atoms with Gasteiger partial charge in [-0.2, -0.15) is 0 Å². The molecule has 0 amide bonds. The van der Waals surface area contributed by atoms with Crippen LogP contribution in [0.2, 0.25) is 0 Å². The molecule has 0 aliphatic heterocycles. The van der Waals surface area contributed by atoms with E-state index in [1.54, 1.807) is 0 Å². The van der Waals surface area contributed by atoms with E-state index in [-0.39, 0.29) is 28.2 Å². The van der Waals surface area contributed by atoms with Gasteiger partial charge in [-0.3, -0.25) is 4.79 Å². The molecule has 0 saturated carbocycles. The molecule has 0 spiro atoms. The average molecular weight is 396 g/mol. The van der Waals surface area contributed by atoms with Gasteiger partial charge in [-0.25, -0.2) is 18.4 Å². The van der Waals surface area contributed by atoms with E-state index in [1.807, 2.05) is 0 Å². The highest BCUT2D eigenvalue weighted by Crippen LogP contribution is 2.27. The predicted octanol–water partition coefficient (Wildman–Crippen LogP) is 4.61. The van der Waals surface area contributed by atoms with Crippen LogP contribution in [0.1, 0.15) is 38.0 Å². The highest BCUT2D eigenvalue weighted by Gasteiger charge is 2.19. The van der Waals surface area contributed by atoms with Crippen LogP contribution in [-0.4, -0.2) is 17.7 Å². The van der Waals surface area contributed by atoms with E-state index < -0.39 is 29.4 Å². The fraction of sp³-hybridized carbons (Fsp3) is 0.0455. The lowest BCUT2D eigenvalue weighted by atomic mass is 10.1. The summed E-state index contributed by atoms with van der Waals surface area (Å²) in [6.07, 6.45) is 0. The number of benzene rings is 3. The predicted molar refractivity (Wildman–Crippen MR) is 99.2 cm³/mol. The third-order valence-electron chi connectivity index (χ3n) is 3.93. The van der Waals surface area contributed by atoms with Crippen LogP contribution in [0.25, 0.3) is 0 Å². The van der Waals surface area contributed by atoms with Crippen molar-refractivity contribution in [3.8, 4) is 11.5 Å². The second-order valence-electron chi connectivity index (χ2n) is 5.95. The smallest absolute Gasteiger partial charge is 0.346 e. The van der Waals surface area contributed by atoms with Crippen molar-refractivity contribution in [2.45, 2.75) is 6.92 Å². The summed E-state index contributed by atoms with van der Waals surface area (Å²) in [5.41, 5.74) is -0.579. The Morgan fingerprint density at radius 2 is 1.21 bits per heavy atom. The molecule has 0 fully saturated rings. The van der Waals surface area contributed by atoms with Crippen LogP contribution in [0, 0.1) is 11.6 Å². The van der Waals surface area contributed by atoms with Crippen LogP contribution in [-0.2, 0) is 0 Å². The summed E-state index contributed by atoms with van der Waals surface area (Å²) >= 11 is 0. The third kappa shape index (κ3) is 4.52. The number of hydrogen-bond acceptors (Lipinski definition) is 5. The molecular weight excluding hydrogens is 382 g/mol. The van der Waals surface area contributed by atoms with E-state index in [1.165, 1.54) is 55.5 Å². The molecule has 3 aromatic rings. The first kappa shape index (κ1) is 19.9. The molecule has 0 unspecified atom stereocenters. The van der Waals surface area contributed by atoms with Crippen LogP contribution in [0.4, 0.5) is 8.78 Å². The molecule has 0 aliphatic rings. The molecule has 146 valence electrons. The van der Waals surface area contributed by atoms with Crippen molar-refractivity contribution >= 4 is 17.7 Å². The van der Waals surface area contributed by atoms with Gasteiger partial charge in [-0.05, 0) is 43.3 Å². The maximum atomic E-state index is 13.8. The molecule has 0 heterocycles. The van der Waals surface area contributed by atoms with Gasteiger partial charge < -0.3 is 9.47 Å². The van der Waals surface area contributed by atoms with Crippen molar-refractivity contribution in [1.29, 1.82) is 0 Å². The lowest BCUT2D eigenvalue weighted by molar-refractivity contribution is 0.0727. The number of carbonyl (C=O) groups excluding carboxylic acids is 3. The first-order valence-corrected chi connectivity index (χ1v) is 8.45. The molecule has 3 aromatic carbocycles. The normalized spacial score (nSPS) is 10.3. The summed E-state index contributed by atoms with van der Waals surface area (Å²) in [5.74, 6) is -4.27. The van der Waals surface area contributed by atoms with Crippen molar-refractivity contribution in [3.63, 3.8) is 0 Å². The zero-order valence-electron chi connectivity index (χ0n) is 15.1. The molecule has 0 radical (unpaired) electrons. The van der Waals surface area contributed by atoms with Gasteiger partial charge in [-0.15, -0.1) is 0 Å². The highest BCUT2D eigenvalue weighted by molar-refractivity contribution is 5.99. The standard InChI is InChI=1S/C22H14F2O5/c1-13(25)15-11-10-14(28-21(26)16-6-2-4-8-18(16)23)12-20(15)29-22(27)17-7-3-5-9-19(17)24/h2-12H,1H3. The summed E-state index contributed by atoms with van der Waals surface area (Å²) in [7, 11) is 0. The van der Waals surface area contributed by atoms with E-state index >= 15 is 0 Å². The maximum Gasteiger partial charge on any atom is 0.346 e. The van der Waals surface area contributed by atoms with E-state index in [0.717, 1.165) is 18.2 Å². The number of ether oxygens (including phenoxy) is 2. The van der Waals surface area contributed by atoms with E-state index in [0.29, 0.717) is 0 Å². The number of carbonyl (C=O) groups is 3. The zero-order chi connectivity index (χ0) is 21.0. The lowest BCUT2D eigenvalue weighted by Gasteiger charge is -2.11. The molecule has 0 N–H and O–H groups in total. The minimum Gasteiger partial charge on any atom is -0.423 e. The summed E-state index contributed by atoms with van der Waals surface area (Å²) in [6, 6.07) is 14.2. The van der Waals surface area contributed by atoms with Crippen molar-refractivity contribution in [2.75, 3.05) is 0 Å². The largest absolute Gasteiger partial charge is 0.423 e. The Morgan fingerprint density at radius 3 is 1.72 bits per heavy atom. The molecule has 7 heteroatoms. The number of rotatable bonds is 5. The molecule has 29 heavy (non-hydrogen) atoms. The quantitative estimate of drug-likeness (QED) is 0.358. The number of ketones is 1. The van der Waals surface area contributed by atoms with Gasteiger partial charge in [0.05, 0.1) is 16.7 Å². The Hall–Kier alpha value is -3.87. The van der Waals surface area contributed by atoms with Gasteiger partial charge >= 0.3 is 11.9 Å². The number of esters is 2. The zero-order valence-corrected chi connectivity index (χ0v) is 15.1. The molecule has 3 rings (SSSR count). The van der Waals surface area contributed by atoms with Crippen molar-refractivity contribution in [3.05, 3.63) is 95.1 Å². The van der Waals surface area contributed by atoms with Crippen LogP contribution in [0.15, 0.2) is 66.7 Å². The van der Waals surface area contributed by atoms with Gasteiger partial charge in [0, 0.05) is 6.07 Å². The van der Waals surface area contributed by atoms with E-state index in [9.17, 15) is 23.2 Å². The van der Waals surface area contributed by atoms with Crippen LogP contribution >= 0.6 is 0 Å². The van der Waals surface area contributed by atoms with Crippen molar-refractivity contribution < 1.29 is 32.6 Å². The molecular formula is C22H14F2O5. The second kappa shape index (κ2) is 8.43. The monoisotopic (exact) mass is 396 g/mol. The fourth-order valence-electron chi connectivity index (χ4n) is 2.51. The molecule has 0 atom stereocenters. The Morgan fingerprint density at radius 1 is 0.690 bits per heavy atom. The van der Waals surface area contributed by atoms with Gasteiger partial charge in [0.2, 0.25) is 0 Å². The topological polar surface area (TPSA) is 69.7 Å². The Bertz CT molecular complexity index is 1110. The number of Topliss-reactive ketones (excluding diaryl/α,β-unsaturated/α-hetero) is 1. The first-order valence-electron chi connectivity index (χ1n) is 8.45. The number of halogens is 2. The van der Waals surface area contributed by atoms with Gasteiger partial charge in [0.15, 0.2) is 5.78 Å². The summed E-state index contributed by atoms with van der Waals surface area (Å²) in [4.78, 5) is 36.3. The fourth-order valence-corrected chi connectivity index (χ4v) is 2.51. The summed E-state index contributed by atoms with van der Waals surface area (Å²) in [5, 5.41) is 0. The van der Waals surface area contributed by atoms with E-state index in [4.69, 9.17) is 9.47 Å². The first-order chi connectivity index (χ1) is 13.9. The highest BCUT2D eigenvalue weighted by atomic mass is 19.1. The molecule has 0 aliphatic carbocycles. The van der Waals surface area contributed by atoms with Gasteiger partial charge in [-0.1, -0.05) is 24.3 Å². The number of hydrogen-bond donors (Lipinski definition) is 0. The minimum absolute atomic E-state index is 0.0281. The summed E-state index contributed by atoms with van der Waals surface area (Å²) in [6.45, 7) is 1.25. The Kier molecular flexibility index (Phi) is 5.78. The van der Waals surface area contributed by atoms with Crippen LogP contribution in [0.5, 0.6) is 11.5 Å². The molecule has 0 bridgehead atoms. The van der Waals surface area contributed by atoms with Crippen LogP contribution < -0.4 is 9.47 Å². The van der Waals surface area contributed by atoms with Crippen molar-refractivity contribution in [1.82, 2.24) is 0 Å². The Balaban J connectivity index is 1.89. The lowest BCUT2D eigenvalue weighted by Crippen LogP contribution is -2.14. The summed E-state index contributed by atoms with van der Waals surface area (Å²) < 4.78 is 37.8. The van der Waals surface area contributed by atoms with E-state index in [2.05, 4.69) is 0 Å². The second-order valence-corrected chi connectivity index (χ2v) is 5.95. The van der Waals surface area contributed by atoms with Gasteiger partial charge in [0.25, 0.3) is 0 Å². The third-order valence-corrected chi connectivity index (χ3v) is 3.93.